The van der Waals surface area contributed by atoms with Gasteiger partial charge < -0.3 is 13.9 Å². The van der Waals surface area contributed by atoms with Gasteiger partial charge in [-0.05, 0) is 54.1 Å². The smallest absolute Gasteiger partial charge is 0.360 e. The second-order valence-corrected chi connectivity index (χ2v) is 5.73. The normalized spacial score (nSPS) is 10.6. The van der Waals surface area contributed by atoms with Crippen LogP contribution in [0.4, 0.5) is 0 Å². The largest absolute Gasteiger partial charge is 0.422 e. The number of nitrogens with zero attached hydrogens (tertiary/aromatic N) is 4. The molecule has 0 fully saturated rings. The van der Waals surface area contributed by atoms with Crippen LogP contribution >= 0.6 is 0 Å². The molecule has 0 atom stereocenters. The van der Waals surface area contributed by atoms with Gasteiger partial charge in [-0.2, -0.15) is 0 Å². The number of esters is 1. The topological polar surface area (TPSA) is 61.9 Å². The van der Waals surface area contributed by atoms with Gasteiger partial charge in [-0.15, -0.1) is 0 Å². The third-order valence-corrected chi connectivity index (χ3v) is 3.99. The van der Waals surface area contributed by atoms with Crippen molar-refractivity contribution >= 4 is 5.97 Å². The number of aromatic nitrogens is 4. The summed E-state index contributed by atoms with van der Waals surface area (Å²) in [6.45, 7) is 0.583. The number of imidazole rings is 1. The number of ether oxygens (including phenoxy) is 1. The molecule has 0 radical (unpaired) electrons. The molecule has 0 unspecified atom stereocenters. The Morgan fingerprint density at radius 2 is 1.73 bits per heavy atom. The molecule has 0 saturated heterocycles. The van der Waals surface area contributed by atoms with Gasteiger partial charge in [0.25, 0.3) is 0 Å². The van der Waals surface area contributed by atoms with Crippen molar-refractivity contribution in [3.05, 3.63) is 97.1 Å². The van der Waals surface area contributed by atoms with Gasteiger partial charge in [-0.25, -0.2) is 9.78 Å². The number of pyridine rings is 1. The molecule has 0 aliphatic heterocycles. The van der Waals surface area contributed by atoms with Crippen LogP contribution in [0.2, 0.25) is 0 Å². The third kappa shape index (κ3) is 3.39. The SMILES string of the molecule is O=C(Oc1ccc(-n2ccnc2)cc1)c1cccn1Cc1ccncc1. The van der Waals surface area contributed by atoms with Crippen molar-refractivity contribution in [2.75, 3.05) is 0 Å². The van der Waals surface area contributed by atoms with Gasteiger partial charge >= 0.3 is 5.97 Å². The van der Waals surface area contributed by atoms with Crippen LogP contribution < -0.4 is 4.74 Å². The summed E-state index contributed by atoms with van der Waals surface area (Å²) in [6.07, 6.45) is 10.6. The van der Waals surface area contributed by atoms with Crippen LogP contribution in [-0.2, 0) is 6.54 Å². The van der Waals surface area contributed by atoms with Crippen LogP contribution in [0, 0.1) is 0 Å². The number of hydrogen-bond acceptors (Lipinski definition) is 4. The van der Waals surface area contributed by atoms with Crippen LogP contribution in [-0.4, -0.2) is 25.1 Å². The summed E-state index contributed by atoms with van der Waals surface area (Å²) in [6, 6.07) is 14.7. The van der Waals surface area contributed by atoms with Crippen LogP contribution in [0.15, 0.2) is 85.8 Å². The van der Waals surface area contributed by atoms with Crippen LogP contribution in [0.25, 0.3) is 5.69 Å². The fourth-order valence-electron chi connectivity index (χ4n) is 2.68. The fraction of sp³-hybridized carbons (Fsp3) is 0.0500. The minimum absolute atomic E-state index is 0.389. The average molecular weight is 344 g/mol. The summed E-state index contributed by atoms with van der Waals surface area (Å²) in [7, 11) is 0. The van der Waals surface area contributed by atoms with E-state index in [2.05, 4.69) is 9.97 Å². The molecule has 6 nitrogen and oxygen atoms in total. The van der Waals surface area contributed by atoms with Gasteiger partial charge in [0.1, 0.15) is 11.4 Å². The van der Waals surface area contributed by atoms with Crippen molar-refractivity contribution in [1.29, 1.82) is 0 Å². The Kier molecular flexibility index (Phi) is 4.30. The van der Waals surface area contributed by atoms with E-state index in [0.29, 0.717) is 18.0 Å². The molecule has 3 heterocycles. The van der Waals surface area contributed by atoms with Crippen molar-refractivity contribution in [2.45, 2.75) is 6.54 Å². The highest BCUT2D eigenvalue weighted by Crippen LogP contribution is 2.17. The van der Waals surface area contributed by atoms with E-state index in [9.17, 15) is 4.79 Å². The number of rotatable bonds is 5. The van der Waals surface area contributed by atoms with E-state index in [4.69, 9.17) is 4.74 Å². The molecule has 3 aromatic heterocycles. The lowest BCUT2D eigenvalue weighted by Crippen LogP contribution is -2.15. The molecule has 4 rings (SSSR count). The molecule has 0 bridgehead atoms. The first kappa shape index (κ1) is 15.8. The maximum Gasteiger partial charge on any atom is 0.360 e. The Bertz CT molecular complexity index is 990. The molecular formula is C20H16N4O2. The summed E-state index contributed by atoms with van der Waals surface area (Å²) >= 11 is 0. The van der Waals surface area contributed by atoms with E-state index >= 15 is 0 Å². The molecule has 128 valence electrons. The summed E-state index contributed by atoms with van der Waals surface area (Å²) in [4.78, 5) is 20.6. The van der Waals surface area contributed by atoms with Crippen molar-refractivity contribution in [1.82, 2.24) is 19.1 Å². The zero-order valence-electron chi connectivity index (χ0n) is 13.9. The molecule has 0 saturated carbocycles. The lowest BCUT2D eigenvalue weighted by atomic mass is 10.2. The molecule has 0 amide bonds. The van der Waals surface area contributed by atoms with Crippen molar-refractivity contribution < 1.29 is 9.53 Å². The maximum atomic E-state index is 12.5. The lowest BCUT2D eigenvalue weighted by Gasteiger charge is -2.10. The summed E-state index contributed by atoms with van der Waals surface area (Å²) in [5, 5.41) is 0. The summed E-state index contributed by atoms with van der Waals surface area (Å²) in [5.74, 6) is 0.106. The first-order valence-electron chi connectivity index (χ1n) is 8.14. The highest BCUT2D eigenvalue weighted by atomic mass is 16.5. The summed E-state index contributed by atoms with van der Waals surface area (Å²) < 4.78 is 9.25. The quantitative estimate of drug-likeness (QED) is 0.411. The average Bonchev–Trinajstić information content (AvgIpc) is 3.35. The Morgan fingerprint density at radius 3 is 2.46 bits per heavy atom. The van der Waals surface area contributed by atoms with Gasteiger partial charge in [0.2, 0.25) is 0 Å². The lowest BCUT2D eigenvalue weighted by molar-refractivity contribution is 0.0724. The number of benzene rings is 1. The number of hydrogen-bond donors (Lipinski definition) is 0. The van der Waals surface area contributed by atoms with Gasteiger partial charge in [0, 0.05) is 43.2 Å². The molecule has 6 heteroatoms. The highest BCUT2D eigenvalue weighted by molar-refractivity contribution is 5.89. The highest BCUT2D eigenvalue weighted by Gasteiger charge is 2.13. The van der Waals surface area contributed by atoms with Crippen LogP contribution in [0.5, 0.6) is 5.75 Å². The Hall–Kier alpha value is -3.67. The zero-order chi connectivity index (χ0) is 17.8. The Morgan fingerprint density at radius 1 is 0.923 bits per heavy atom. The Balaban J connectivity index is 1.48. The van der Waals surface area contributed by atoms with Crippen LogP contribution in [0.1, 0.15) is 16.1 Å². The van der Waals surface area contributed by atoms with Crippen LogP contribution in [0.3, 0.4) is 0 Å². The molecule has 0 N–H and O–H groups in total. The van der Waals surface area contributed by atoms with Crippen molar-refractivity contribution in [3.63, 3.8) is 0 Å². The van der Waals surface area contributed by atoms with Crippen molar-refractivity contribution in [2.24, 2.45) is 0 Å². The molecule has 0 spiro atoms. The first-order valence-corrected chi connectivity index (χ1v) is 8.14. The zero-order valence-corrected chi connectivity index (χ0v) is 13.9. The monoisotopic (exact) mass is 344 g/mol. The van der Waals surface area contributed by atoms with E-state index in [1.807, 2.05) is 51.9 Å². The van der Waals surface area contributed by atoms with E-state index in [1.165, 1.54) is 0 Å². The minimum atomic E-state index is -0.389. The Labute approximate surface area is 150 Å². The first-order chi connectivity index (χ1) is 12.8. The van der Waals surface area contributed by atoms with E-state index in [1.54, 1.807) is 43.1 Å². The molecule has 0 aliphatic carbocycles. The van der Waals surface area contributed by atoms with E-state index in [0.717, 1.165) is 11.3 Å². The number of carbonyl (C=O) groups excluding carboxylic acids is 1. The standard InChI is InChI=1S/C20H16N4O2/c25-20(19-2-1-12-23(19)14-16-7-9-21-10-8-16)26-18-5-3-17(4-6-18)24-13-11-22-15-24/h1-13,15H,14H2. The molecule has 4 aromatic rings. The number of carbonyl (C=O) groups is 1. The molecule has 0 aliphatic rings. The van der Waals surface area contributed by atoms with Gasteiger partial charge in [-0.3, -0.25) is 4.98 Å². The van der Waals surface area contributed by atoms with Gasteiger partial charge in [0.15, 0.2) is 0 Å². The van der Waals surface area contributed by atoms with Crippen molar-refractivity contribution in [3.8, 4) is 11.4 Å². The van der Waals surface area contributed by atoms with Gasteiger partial charge in [0.05, 0.1) is 6.33 Å². The predicted molar refractivity (Wildman–Crippen MR) is 96.3 cm³/mol. The third-order valence-electron chi connectivity index (χ3n) is 3.99. The molecular weight excluding hydrogens is 328 g/mol. The maximum absolute atomic E-state index is 12.5. The van der Waals surface area contributed by atoms with E-state index in [-0.39, 0.29) is 5.97 Å². The molecule has 1 aromatic carbocycles. The second kappa shape index (κ2) is 7.06. The van der Waals surface area contributed by atoms with Gasteiger partial charge in [-0.1, -0.05) is 0 Å². The minimum Gasteiger partial charge on any atom is -0.422 e. The fourth-order valence-corrected chi connectivity index (χ4v) is 2.68. The molecule has 26 heavy (non-hydrogen) atoms. The summed E-state index contributed by atoms with van der Waals surface area (Å²) in [5.41, 5.74) is 2.51. The predicted octanol–water partition coefficient (Wildman–Crippen LogP) is 3.34. The van der Waals surface area contributed by atoms with E-state index < -0.39 is 0 Å². The second-order valence-electron chi connectivity index (χ2n) is 5.73.